The number of halogens is 3. The van der Waals surface area contributed by atoms with Crippen molar-refractivity contribution in [1.82, 2.24) is 15.1 Å². The Kier molecular flexibility index (Phi) is 5.44. The lowest BCUT2D eigenvalue weighted by molar-refractivity contribution is -0.137. The predicted octanol–water partition coefficient (Wildman–Crippen LogP) is 2.36. The van der Waals surface area contributed by atoms with Crippen molar-refractivity contribution in [2.24, 2.45) is 0 Å². The summed E-state index contributed by atoms with van der Waals surface area (Å²) >= 11 is 0. The van der Waals surface area contributed by atoms with E-state index in [2.05, 4.69) is 10.4 Å². The van der Waals surface area contributed by atoms with Gasteiger partial charge in [0.05, 0.1) is 17.3 Å². The fourth-order valence-corrected chi connectivity index (χ4v) is 3.11. The number of ether oxygens (including phenoxy) is 1. The number of alkyl halides is 3. The molecule has 3 rings (SSSR count). The average molecular weight is 406 g/mol. The fourth-order valence-electron chi connectivity index (χ4n) is 3.11. The van der Waals surface area contributed by atoms with E-state index in [0.717, 1.165) is 16.8 Å². The van der Waals surface area contributed by atoms with Crippen molar-refractivity contribution < 1.29 is 22.7 Å². The molecule has 1 aliphatic heterocycles. The van der Waals surface area contributed by atoms with Crippen LogP contribution in [0.25, 0.3) is 5.69 Å². The summed E-state index contributed by atoms with van der Waals surface area (Å²) in [5.41, 5.74) is -3.70. The number of nitriles is 1. The number of carbonyl (C=O) groups is 1. The van der Waals surface area contributed by atoms with Gasteiger partial charge in [-0.2, -0.15) is 23.5 Å². The number of amides is 1. The van der Waals surface area contributed by atoms with Crippen LogP contribution in [-0.2, 0) is 10.9 Å². The predicted molar refractivity (Wildman–Crippen MR) is 95.4 cm³/mol. The van der Waals surface area contributed by atoms with Gasteiger partial charge in [-0.15, -0.1) is 0 Å². The number of aromatic nitrogens is 2. The largest absolute Gasteiger partial charge is 0.418 e. The fraction of sp³-hybridized carbons (Fsp3) is 0.368. The van der Waals surface area contributed by atoms with E-state index in [0.29, 0.717) is 0 Å². The summed E-state index contributed by atoms with van der Waals surface area (Å²) in [6.45, 7) is 1.94. The molecule has 0 radical (unpaired) electrons. The van der Waals surface area contributed by atoms with Crippen LogP contribution in [0.4, 0.5) is 13.2 Å². The van der Waals surface area contributed by atoms with Crippen molar-refractivity contribution in [3.63, 3.8) is 0 Å². The van der Waals surface area contributed by atoms with Gasteiger partial charge in [0, 0.05) is 37.8 Å². The smallest absolute Gasteiger partial charge is 0.381 e. The summed E-state index contributed by atoms with van der Waals surface area (Å²) in [5.74, 6) is -0.920. The highest BCUT2D eigenvalue weighted by atomic mass is 19.4. The molecule has 1 saturated heterocycles. The van der Waals surface area contributed by atoms with E-state index in [1.807, 2.05) is 6.07 Å². The Morgan fingerprint density at radius 2 is 1.97 bits per heavy atom. The third kappa shape index (κ3) is 4.14. The first-order valence-electron chi connectivity index (χ1n) is 8.76. The highest BCUT2D eigenvalue weighted by molar-refractivity contribution is 5.92. The van der Waals surface area contributed by atoms with Crippen LogP contribution >= 0.6 is 0 Å². The number of aryl methyl sites for hydroxylation is 1. The second-order valence-electron chi connectivity index (χ2n) is 6.69. The van der Waals surface area contributed by atoms with Gasteiger partial charge >= 0.3 is 6.18 Å². The molecule has 29 heavy (non-hydrogen) atoms. The monoisotopic (exact) mass is 406 g/mol. The maximum Gasteiger partial charge on any atom is 0.418 e. The molecule has 1 aliphatic rings. The summed E-state index contributed by atoms with van der Waals surface area (Å²) < 4.78 is 46.2. The van der Waals surface area contributed by atoms with Crippen molar-refractivity contribution in [3.05, 3.63) is 57.5 Å². The molecule has 1 fully saturated rings. The first-order chi connectivity index (χ1) is 13.7. The molecule has 2 heterocycles. The van der Waals surface area contributed by atoms with Crippen LogP contribution in [0.2, 0.25) is 0 Å². The van der Waals surface area contributed by atoms with Crippen LogP contribution in [0.3, 0.4) is 0 Å². The van der Waals surface area contributed by atoms with Crippen LogP contribution in [-0.4, -0.2) is 34.4 Å². The zero-order chi connectivity index (χ0) is 21.2. The normalized spacial score (nSPS) is 16.1. The molecule has 0 aliphatic carbocycles. The summed E-state index contributed by atoms with van der Waals surface area (Å²) in [7, 11) is 0. The molecule has 0 spiro atoms. The van der Waals surface area contributed by atoms with Crippen molar-refractivity contribution in [1.29, 1.82) is 5.26 Å². The molecular weight excluding hydrogens is 389 g/mol. The van der Waals surface area contributed by atoms with Gasteiger partial charge in [0.1, 0.15) is 5.54 Å². The van der Waals surface area contributed by atoms with Gasteiger partial charge in [0.2, 0.25) is 5.43 Å². The number of nitrogens with one attached hydrogen (secondary N) is 1. The molecule has 0 unspecified atom stereocenters. The highest BCUT2D eigenvalue weighted by Gasteiger charge is 2.36. The molecule has 0 saturated carbocycles. The zero-order valence-corrected chi connectivity index (χ0v) is 15.4. The second kappa shape index (κ2) is 7.67. The lowest BCUT2D eigenvalue weighted by Gasteiger charge is -2.31. The number of benzene rings is 1. The van der Waals surface area contributed by atoms with Gasteiger partial charge in [-0.3, -0.25) is 9.59 Å². The lowest BCUT2D eigenvalue weighted by Crippen LogP contribution is -2.52. The Hall–Kier alpha value is -3.19. The third-order valence-electron chi connectivity index (χ3n) is 4.67. The molecular formula is C19H17F3N4O3. The van der Waals surface area contributed by atoms with Gasteiger partial charge in [-0.05, 0) is 19.1 Å². The molecule has 7 nitrogen and oxygen atoms in total. The maximum absolute atomic E-state index is 13.4. The summed E-state index contributed by atoms with van der Waals surface area (Å²) in [5, 5.41) is 15.9. The topological polar surface area (TPSA) is 97.0 Å². The van der Waals surface area contributed by atoms with Crippen LogP contribution in [0.5, 0.6) is 0 Å². The standard InChI is InChI=1S/C19H17F3N4O3/c1-12-10-15(27)16(17(28)24-18(11-23)6-8-29-9-7-18)25-26(12)14-5-3-2-4-13(14)19(20,21)22/h2-5,10H,6-9H2,1H3,(H,24,28). The molecule has 10 heteroatoms. The Morgan fingerprint density at radius 3 is 2.59 bits per heavy atom. The zero-order valence-electron chi connectivity index (χ0n) is 15.4. The van der Waals surface area contributed by atoms with E-state index in [9.17, 15) is 28.0 Å². The molecule has 1 N–H and O–H groups in total. The average Bonchev–Trinajstić information content (AvgIpc) is 2.68. The van der Waals surface area contributed by atoms with E-state index in [1.54, 1.807) is 0 Å². The van der Waals surface area contributed by atoms with Crippen LogP contribution in [0.15, 0.2) is 35.1 Å². The molecule has 152 valence electrons. The van der Waals surface area contributed by atoms with Gasteiger partial charge in [-0.25, -0.2) is 4.68 Å². The summed E-state index contributed by atoms with van der Waals surface area (Å²) in [6.07, 6.45) is -4.19. The molecule has 1 amide bonds. The summed E-state index contributed by atoms with van der Waals surface area (Å²) in [6, 6.07) is 7.79. The van der Waals surface area contributed by atoms with Crippen molar-refractivity contribution in [3.8, 4) is 11.8 Å². The van der Waals surface area contributed by atoms with E-state index in [1.165, 1.54) is 25.1 Å². The van der Waals surface area contributed by atoms with Gasteiger partial charge in [0.25, 0.3) is 5.91 Å². The molecule has 2 aromatic rings. The van der Waals surface area contributed by atoms with Crippen molar-refractivity contribution >= 4 is 5.91 Å². The van der Waals surface area contributed by atoms with E-state index in [-0.39, 0.29) is 37.4 Å². The number of carbonyl (C=O) groups excluding carboxylic acids is 1. The number of rotatable bonds is 3. The number of para-hydroxylation sites is 1. The Labute approximate surface area is 163 Å². The van der Waals surface area contributed by atoms with Crippen LogP contribution in [0.1, 0.15) is 34.6 Å². The lowest BCUT2D eigenvalue weighted by atomic mass is 9.91. The third-order valence-corrected chi connectivity index (χ3v) is 4.67. The minimum Gasteiger partial charge on any atom is -0.381 e. The van der Waals surface area contributed by atoms with E-state index < -0.39 is 34.3 Å². The van der Waals surface area contributed by atoms with Gasteiger partial charge in [0.15, 0.2) is 5.69 Å². The number of hydrogen-bond donors (Lipinski definition) is 1. The molecule has 1 aromatic carbocycles. The van der Waals surface area contributed by atoms with Crippen molar-refractivity contribution in [2.45, 2.75) is 31.5 Å². The molecule has 0 bridgehead atoms. The highest BCUT2D eigenvalue weighted by Crippen LogP contribution is 2.33. The van der Waals surface area contributed by atoms with Crippen molar-refractivity contribution in [2.75, 3.05) is 13.2 Å². The van der Waals surface area contributed by atoms with E-state index >= 15 is 0 Å². The SMILES string of the molecule is Cc1cc(=O)c(C(=O)NC2(C#N)CCOCC2)nn1-c1ccccc1C(F)(F)F. The minimum atomic E-state index is -4.65. The Bertz CT molecular complexity index is 1030. The maximum atomic E-state index is 13.4. The number of hydrogen-bond acceptors (Lipinski definition) is 5. The van der Waals surface area contributed by atoms with Crippen LogP contribution in [0, 0.1) is 18.3 Å². The van der Waals surface area contributed by atoms with Gasteiger partial charge < -0.3 is 10.1 Å². The summed E-state index contributed by atoms with van der Waals surface area (Å²) in [4.78, 5) is 25.0. The number of nitrogens with zero attached hydrogens (tertiary/aromatic N) is 3. The van der Waals surface area contributed by atoms with E-state index in [4.69, 9.17) is 4.74 Å². The first-order valence-corrected chi connectivity index (χ1v) is 8.76. The Morgan fingerprint density at radius 1 is 1.31 bits per heavy atom. The quantitative estimate of drug-likeness (QED) is 0.844. The molecule has 0 atom stereocenters. The van der Waals surface area contributed by atoms with Gasteiger partial charge in [-0.1, -0.05) is 12.1 Å². The Balaban J connectivity index is 2.05. The minimum absolute atomic E-state index is 0.129. The van der Waals surface area contributed by atoms with Crippen LogP contribution < -0.4 is 10.7 Å². The second-order valence-corrected chi connectivity index (χ2v) is 6.69. The molecule has 1 aromatic heterocycles. The first kappa shape index (κ1) is 20.5.